The summed E-state index contributed by atoms with van der Waals surface area (Å²) in [5.41, 5.74) is 8.41. The van der Waals surface area contributed by atoms with Crippen molar-refractivity contribution in [1.29, 1.82) is 0 Å². The van der Waals surface area contributed by atoms with Crippen LogP contribution in [0.5, 0.6) is 5.75 Å². The Kier molecular flexibility index (Phi) is 3.61. The molecule has 3 N–H and O–H groups in total. The number of nitrogen functional groups attached to an aromatic ring is 1. The molecular formula is C14H10Cl3N3O. The first-order chi connectivity index (χ1) is 9.99. The number of imidazole rings is 1. The minimum Gasteiger partial charge on any atom is -0.496 e. The summed E-state index contributed by atoms with van der Waals surface area (Å²) in [4.78, 5) is 7.65. The lowest BCUT2D eigenvalue weighted by Gasteiger charge is -2.08. The molecule has 0 aliphatic rings. The summed E-state index contributed by atoms with van der Waals surface area (Å²) < 4.78 is 5.33. The number of ether oxygens (including phenoxy) is 1. The Labute approximate surface area is 135 Å². The summed E-state index contributed by atoms with van der Waals surface area (Å²) in [7, 11) is 1.56. The van der Waals surface area contributed by atoms with Gasteiger partial charge in [-0.1, -0.05) is 34.8 Å². The highest BCUT2D eigenvalue weighted by Gasteiger charge is 2.14. The van der Waals surface area contributed by atoms with E-state index in [0.717, 1.165) is 5.52 Å². The van der Waals surface area contributed by atoms with Crippen LogP contribution in [0.3, 0.4) is 0 Å². The van der Waals surface area contributed by atoms with Gasteiger partial charge in [-0.3, -0.25) is 0 Å². The third-order valence-corrected chi connectivity index (χ3v) is 4.15. The van der Waals surface area contributed by atoms with Crippen LogP contribution in [-0.4, -0.2) is 17.1 Å². The van der Waals surface area contributed by atoms with E-state index in [0.29, 0.717) is 43.4 Å². The summed E-state index contributed by atoms with van der Waals surface area (Å²) in [5, 5.41) is 1.34. The zero-order valence-electron chi connectivity index (χ0n) is 10.9. The molecule has 0 amide bonds. The molecule has 21 heavy (non-hydrogen) atoms. The largest absolute Gasteiger partial charge is 0.496 e. The topological polar surface area (TPSA) is 63.9 Å². The summed E-state index contributed by atoms with van der Waals surface area (Å²) in [5.74, 6) is 1.18. The van der Waals surface area contributed by atoms with Crippen molar-refractivity contribution in [2.24, 2.45) is 0 Å². The molecule has 0 aliphatic heterocycles. The summed E-state index contributed by atoms with van der Waals surface area (Å²) in [6.07, 6.45) is 0. The molecule has 4 nitrogen and oxygen atoms in total. The number of nitrogens with zero attached hydrogens (tertiary/aromatic N) is 1. The number of fused-ring (bicyclic) bond motifs is 1. The Morgan fingerprint density at radius 2 is 1.76 bits per heavy atom. The van der Waals surface area contributed by atoms with Crippen LogP contribution in [-0.2, 0) is 0 Å². The van der Waals surface area contributed by atoms with E-state index in [9.17, 15) is 0 Å². The van der Waals surface area contributed by atoms with Crippen LogP contribution >= 0.6 is 34.8 Å². The van der Waals surface area contributed by atoms with E-state index < -0.39 is 0 Å². The smallest absolute Gasteiger partial charge is 0.142 e. The third-order valence-electron chi connectivity index (χ3n) is 3.10. The molecule has 3 aromatic rings. The molecule has 2 aromatic carbocycles. The van der Waals surface area contributed by atoms with Gasteiger partial charge in [0.1, 0.15) is 11.6 Å². The van der Waals surface area contributed by atoms with Gasteiger partial charge in [-0.2, -0.15) is 0 Å². The lowest BCUT2D eigenvalue weighted by atomic mass is 10.1. The van der Waals surface area contributed by atoms with E-state index in [2.05, 4.69) is 9.97 Å². The number of aromatic amines is 1. The van der Waals surface area contributed by atoms with Crippen LogP contribution in [0.15, 0.2) is 24.3 Å². The first-order valence-corrected chi connectivity index (χ1v) is 7.11. The zero-order valence-corrected chi connectivity index (χ0v) is 13.1. The van der Waals surface area contributed by atoms with Gasteiger partial charge in [0, 0.05) is 6.07 Å². The molecule has 7 heteroatoms. The molecule has 1 heterocycles. The summed E-state index contributed by atoms with van der Waals surface area (Å²) in [6.45, 7) is 0. The number of halogens is 3. The molecule has 0 unspecified atom stereocenters. The van der Waals surface area contributed by atoms with Gasteiger partial charge < -0.3 is 15.5 Å². The van der Waals surface area contributed by atoms with E-state index in [4.69, 9.17) is 45.3 Å². The van der Waals surface area contributed by atoms with E-state index in [-0.39, 0.29) is 0 Å². The fourth-order valence-corrected chi connectivity index (χ4v) is 2.54. The van der Waals surface area contributed by atoms with Gasteiger partial charge in [0.05, 0.1) is 44.5 Å². The van der Waals surface area contributed by atoms with Gasteiger partial charge in [-0.25, -0.2) is 4.98 Å². The highest BCUT2D eigenvalue weighted by Crippen LogP contribution is 2.36. The van der Waals surface area contributed by atoms with Gasteiger partial charge in [0.25, 0.3) is 0 Å². The Balaban J connectivity index is 2.23. The molecule has 0 atom stereocenters. The van der Waals surface area contributed by atoms with Crippen LogP contribution in [0.2, 0.25) is 15.1 Å². The van der Waals surface area contributed by atoms with Crippen molar-refractivity contribution < 1.29 is 4.74 Å². The molecule has 0 saturated carbocycles. The van der Waals surface area contributed by atoms with E-state index in [1.54, 1.807) is 31.4 Å². The molecule has 108 valence electrons. The fourth-order valence-electron chi connectivity index (χ4n) is 2.06. The molecule has 0 aliphatic carbocycles. The number of nitrogens with two attached hydrogens (primary N) is 1. The number of hydrogen-bond acceptors (Lipinski definition) is 3. The van der Waals surface area contributed by atoms with Crippen molar-refractivity contribution >= 4 is 51.5 Å². The highest BCUT2D eigenvalue weighted by atomic mass is 35.5. The highest BCUT2D eigenvalue weighted by molar-refractivity contribution is 6.42. The predicted molar refractivity (Wildman–Crippen MR) is 87.5 cm³/mol. The van der Waals surface area contributed by atoms with Crippen LogP contribution < -0.4 is 10.5 Å². The van der Waals surface area contributed by atoms with Crippen LogP contribution in [0.1, 0.15) is 0 Å². The zero-order chi connectivity index (χ0) is 15.1. The quantitative estimate of drug-likeness (QED) is 0.659. The average Bonchev–Trinajstić information content (AvgIpc) is 2.84. The number of hydrogen-bond donors (Lipinski definition) is 2. The third kappa shape index (κ3) is 2.50. The molecule has 0 bridgehead atoms. The van der Waals surface area contributed by atoms with Crippen LogP contribution in [0.4, 0.5) is 5.69 Å². The van der Waals surface area contributed by atoms with Crippen molar-refractivity contribution in [3.63, 3.8) is 0 Å². The fraction of sp³-hybridized carbons (Fsp3) is 0.0714. The number of aromatic nitrogens is 2. The number of nitrogens with one attached hydrogen (secondary N) is 1. The Morgan fingerprint density at radius 3 is 2.48 bits per heavy atom. The van der Waals surface area contributed by atoms with Crippen LogP contribution in [0, 0.1) is 0 Å². The molecule has 0 spiro atoms. The second-order valence-corrected chi connectivity index (χ2v) is 5.66. The standard InChI is InChI=1S/C14H10Cl3N3O/c1-21-13-5-10(18)9(17)2-6(13)14-19-11-3-7(15)8(16)4-12(11)20-14/h2-5H,18H2,1H3,(H,19,20). The predicted octanol–water partition coefficient (Wildman–Crippen LogP) is 4.78. The molecule has 3 rings (SSSR count). The number of benzene rings is 2. The Bertz CT molecular complexity index is 806. The monoisotopic (exact) mass is 341 g/mol. The SMILES string of the molecule is COc1cc(N)c(Cl)cc1-c1nc2cc(Cl)c(Cl)cc2[nH]1. The van der Waals surface area contributed by atoms with Crippen molar-refractivity contribution in [3.8, 4) is 17.1 Å². The van der Waals surface area contributed by atoms with Gasteiger partial charge in [0.2, 0.25) is 0 Å². The minimum atomic E-state index is 0.433. The maximum Gasteiger partial charge on any atom is 0.142 e. The van der Waals surface area contributed by atoms with Crippen LogP contribution in [0.25, 0.3) is 22.4 Å². The number of methoxy groups -OCH3 is 1. The second-order valence-electron chi connectivity index (χ2n) is 4.44. The number of H-pyrrole nitrogens is 1. The summed E-state index contributed by atoms with van der Waals surface area (Å²) in [6, 6.07) is 6.78. The summed E-state index contributed by atoms with van der Waals surface area (Å²) >= 11 is 18.1. The van der Waals surface area contributed by atoms with Crippen molar-refractivity contribution in [2.75, 3.05) is 12.8 Å². The Hall–Kier alpha value is -1.62. The van der Waals surface area contributed by atoms with Gasteiger partial charge in [-0.05, 0) is 18.2 Å². The first-order valence-electron chi connectivity index (χ1n) is 5.97. The lowest BCUT2D eigenvalue weighted by molar-refractivity contribution is 0.416. The number of anilines is 1. The average molecular weight is 343 g/mol. The lowest BCUT2D eigenvalue weighted by Crippen LogP contribution is -1.93. The molecular weight excluding hydrogens is 333 g/mol. The number of rotatable bonds is 2. The first kappa shape index (κ1) is 14.3. The maximum atomic E-state index is 6.08. The molecule has 0 saturated heterocycles. The van der Waals surface area contributed by atoms with Crippen molar-refractivity contribution in [2.45, 2.75) is 0 Å². The molecule has 1 aromatic heterocycles. The Morgan fingerprint density at radius 1 is 1.05 bits per heavy atom. The van der Waals surface area contributed by atoms with Gasteiger partial charge in [0.15, 0.2) is 0 Å². The van der Waals surface area contributed by atoms with Gasteiger partial charge >= 0.3 is 0 Å². The second kappa shape index (κ2) is 5.30. The van der Waals surface area contributed by atoms with Crippen molar-refractivity contribution in [3.05, 3.63) is 39.3 Å². The maximum absolute atomic E-state index is 6.08. The van der Waals surface area contributed by atoms with Gasteiger partial charge in [-0.15, -0.1) is 0 Å². The van der Waals surface area contributed by atoms with E-state index >= 15 is 0 Å². The van der Waals surface area contributed by atoms with E-state index in [1.807, 2.05) is 0 Å². The van der Waals surface area contributed by atoms with E-state index in [1.165, 1.54) is 0 Å². The molecule has 0 fully saturated rings. The molecule has 0 radical (unpaired) electrons. The van der Waals surface area contributed by atoms with Crippen molar-refractivity contribution in [1.82, 2.24) is 9.97 Å². The normalized spacial score (nSPS) is 11.0. The minimum absolute atomic E-state index is 0.433.